The first-order chi connectivity index (χ1) is 12.5. The molecule has 1 aliphatic rings. The van der Waals surface area contributed by atoms with E-state index in [1.165, 1.54) is 23.0 Å². The van der Waals surface area contributed by atoms with Gasteiger partial charge in [-0.1, -0.05) is 42.5 Å². The molecule has 1 saturated heterocycles. The number of hydrogen-bond acceptors (Lipinski definition) is 3. The van der Waals surface area contributed by atoms with Crippen molar-refractivity contribution < 1.29 is 19.5 Å². The molecule has 0 unspecified atom stereocenters. The molecule has 0 bridgehead atoms. The van der Waals surface area contributed by atoms with Crippen LogP contribution >= 0.6 is 0 Å². The number of carbonyl (C=O) groups is 3. The molecule has 2 amide bonds. The highest BCUT2D eigenvalue weighted by Crippen LogP contribution is 2.33. The molecule has 0 spiro atoms. The number of carboxylic acids is 1. The van der Waals surface area contributed by atoms with E-state index in [-0.39, 0.29) is 23.8 Å². The Labute approximate surface area is 150 Å². The number of aliphatic carboxylic acids is 1. The monoisotopic (exact) mass is 350 g/mol. The van der Waals surface area contributed by atoms with E-state index in [0.717, 1.165) is 0 Å². The largest absolute Gasteiger partial charge is 0.478 e. The Morgan fingerprint density at radius 3 is 1.73 bits per heavy atom. The van der Waals surface area contributed by atoms with E-state index < -0.39 is 11.9 Å². The molecule has 1 fully saturated rings. The van der Waals surface area contributed by atoms with E-state index in [0.29, 0.717) is 11.4 Å². The quantitative estimate of drug-likeness (QED) is 0.664. The molecule has 0 atom stereocenters. The maximum Gasteiger partial charge on any atom is 0.330 e. The smallest absolute Gasteiger partial charge is 0.330 e. The van der Waals surface area contributed by atoms with E-state index in [4.69, 9.17) is 5.11 Å². The number of amides is 2. The highest BCUT2D eigenvalue weighted by atomic mass is 16.4. The van der Waals surface area contributed by atoms with E-state index >= 15 is 0 Å². The number of para-hydroxylation sites is 2. The minimum absolute atomic E-state index is 0.0441. The average molecular weight is 350 g/mol. The molecule has 26 heavy (non-hydrogen) atoms. The van der Waals surface area contributed by atoms with E-state index in [2.05, 4.69) is 0 Å². The second-order valence-electron chi connectivity index (χ2n) is 5.95. The molecule has 1 N–H and O–H groups in total. The van der Waals surface area contributed by atoms with Crippen LogP contribution in [0.25, 0.3) is 0 Å². The normalized spacial score (nSPS) is 15.7. The van der Waals surface area contributed by atoms with E-state index in [9.17, 15) is 14.4 Å². The SMILES string of the molecule is C/C(=C/CC1C(=O)N(c2ccccc2)N(c2ccccc2)C1=O)C(=O)O. The van der Waals surface area contributed by atoms with Crippen LogP contribution in [0, 0.1) is 5.92 Å². The number of carbonyl (C=O) groups excluding carboxylic acids is 2. The lowest BCUT2D eigenvalue weighted by Gasteiger charge is -2.27. The summed E-state index contributed by atoms with van der Waals surface area (Å²) >= 11 is 0. The first-order valence-corrected chi connectivity index (χ1v) is 8.18. The molecule has 2 aromatic carbocycles. The summed E-state index contributed by atoms with van der Waals surface area (Å²) in [5.41, 5.74) is 1.27. The third-order valence-corrected chi connectivity index (χ3v) is 4.21. The lowest BCUT2D eigenvalue weighted by atomic mass is 10.0. The maximum absolute atomic E-state index is 13.0. The Bertz CT molecular complexity index is 804. The van der Waals surface area contributed by atoms with Gasteiger partial charge in [0.2, 0.25) is 0 Å². The van der Waals surface area contributed by atoms with Crippen LogP contribution in [0.4, 0.5) is 11.4 Å². The molecule has 3 rings (SSSR count). The van der Waals surface area contributed by atoms with Gasteiger partial charge in [0.1, 0.15) is 5.92 Å². The van der Waals surface area contributed by atoms with Crippen molar-refractivity contribution in [1.29, 1.82) is 0 Å². The Balaban J connectivity index is 2.00. The van der Waals surface area contributed by atoms with Crippen molar-refractivity contribution >= 4 is 29.2 Å². The number of hydrogen-bond donors (Lipinski definition) is 1. The summed E-state index contributed by atoms with van der Waals surface area (Å²) in [6, 6.07) is 17.8. The predicted molar refractivity (Wildman–Crippen MR) is 97.4 cm³/mol. The van der Waals surface area contributed by atoms with Crippen molar-refractivity contribution in [1.82, 2.24) is 0 Å². The summed E-state index contributed by atoms with van der Waals surface area (Å²) in [6.07, 6.45) is 1.46. The first-order valence-electron chi connectivity index (χ1n) is 8.18. The summed E-state index contributed by atoms with van der Waals surface area (Å²) in [5.74, 6) is -2.77. The molecular formula is C20H18N2O4. The number of rotatable bonds is 5. The molecule has 0 aromatic heterocycles. The van der Waals surface area contributed by atoms with Crippen molar-refractivity contribution in [2.45, 2.75) is 13.3 Å². The van der Waals surface area contributed by atoms with Crippen molar-refractivity contribution in [3.8, 4) is 0 Å². The molecule has 1 aliphatic heterocycles. The number of benzene rings is 2. The second kappa shape index (κ2) is 7.23. The molecule has 0 aliphatic carbocycles. The molecule has 1 heterocycles. The minimum Gasteiger partial charge on any atom is -0.478 e. The highest BCUT2D eigenvalue weighted by molar-refractivity contribution is 6.23. The van der Waals surface area contributed by atoms with Gasteiger partial charge in [0.15, 0.2) is 0 Å². The van der Waals surface area contributed by atoms with Crippen LogP contribution in [0.5, 0.6) is 0 Å². The zero-order chi connectivity index (χ0) is 18.7. The minimum atomic E-state index is -1.07. The second-order valence-corrected chi connectivity index (χ2v) is 5.95. The summed E-state index contributed by atoms with van der Waals surface area (Å²) in [6.45, 7) is 1.44. The fraction of sp³-hybridized carbons (Fsp3) is 0.150. The number of anilines is 2. The molecule has 2 aromatic rings. The van der Waals surface area contributed by atoms with Crippen molar-refractivity contribution in [3.63, 3.8) is 0 Å². The molecule has 6 nitrogen and oxygen atoms in total. The standard InChI is InChI=1S/C20H18N2O4/c1-14(20(25)26)12-13-17-18(23)21(15-8-4-2-5-9-15)22(19(17)24)16-10-6-3-7-11-16/h2-12,17H,13H2,1H3,(H,25,26)/b14-12-. The average Bonchev–Trinajstić information content (AvgIpc) is 2.91. The molecule has 0 radical (unpaired) electrons. The Kier molecular flexibility index (Phi) is 4.84. The highest BCUT2D eigenvalue weighted by Gasteiger charge is 2.46. The van der Waals surface area contributed by atoms with Gasteiger partial charge in [-0.3, -0.25) is 9.59 Å². The van der Waals surface area contributed by atoms with Gasteiger partial charge in [-0.15, -0.1) is 0 Å². The molecular weight excluding hydrogens is 332 g/mol. The van der Waals surface area contributed by atoms with Crippen LogP contribution in [0.3, 0.4) is 0 Å². The molecule has 0 saturated carbocycles. The van der Waals surface area contributed by atoms with E-state index in [1.807, 2.05) is 12.1 Å². The summed E-state index contributed by atoms with van der Waals surface area (Å²) in [5, 5.41) is 11.7. The van der Waals surface area contributed by atoms with E-state index in [1.54, 1.807) is 48.5 Å². The van der Waals surface area contributed by atoms with Crippen LogP contribution in [0.1, 0.15) is 13.3 Å². The van der Waals surface area contributed by atoms with Gasteiger partial charge in [0.25, 0.3) is 11.8 Å². The Morgan fingerprint density at radius 1 is 0.923 bits per heavy atom. The van der Waals surface area contributed by atoms with Crippen molar-refractivity contribution in [2.24, 2.45) is 5.92 Å². The van der Waals surface area contributed by atoms with Gasteiger partial charge in [-0.2, -0.15) is 0 Å². The first kappa shape index (κ1) is 17.4. The van der Waals surface area contributed by atoms with Crippen molar-refractivity contribution in [2.75, 3.05) is 10.0 Å². The molecule has 132 valence electrons. The van der Waals surface area contributed by atoms with Crippen LogP contribution in [-0.4, -0.2) is 22.9 Å². The molecule has 6 heteroatoms. The third kappa shape index (κ3) is 3.21. The summed E-state index contributed by atoms with van der Waals surface area (Å²) < 4.78 is 0. The lowest BCUT2D eigenvalue weighted by molar-refractivity contribution is -0.133. The van der Waals surface area contributed by atoms with Gasteiger partial charge < -0.3 is 5.11 Å². The zero-order valence-corrected chi connectivity index (χ0v) is 14.2. The predicted octanol–water partition coefficient (Wildman–Crippen LogP) is 3.02. The van der Waals surface area contributed by atoms with Gasteiger partial charge in [-0.05, 0) is 37.6 Å². The number of carboxylic acid groups (broad SMARTS) is 1. The van der Waals surface area contributed by atoms with Gasteiger partial charge in [0, 0.05) is 5.57 Å². The number of hydrazine groups is 1. The zero-order valence-electron chi connectivity index (χ0n) is 14.2. The van der Waals surface area contributed by atoms with Crippen LogP contribution in [-0.2, 0) is 14.4 Å². The topological polar surface area (TPSA) is 77.9 Å². The fourth-order valence-corrected chi connectivity index (χ4v) is 2.81. The van der Waals surface area contributed by atoms with Crippen LogP contribution < -0.4 is 10.0 Å². The van der Waals surface area contributed by atoms with Gasteiger partial charge in [-0.25, -0.2) is 14.8 Å². The summed E-state index contributed by atoms with van der Waals surface area (Å²) in [4.78, 5) is 36.9. The summed E-state index contributed by atoms with van der Waals surface area (Å²) in [7, 11) is 0. The van der Waals surface area contributed by atoms with Crippen molar-refractivity contribution in [3.05, 3.63) is 72.3 Å². The number of nitrogens with zero attached hydrogens (tertiary/aromatic N) is 2. The fourth-order valence-electron chi connectivity index (χ4n) is 2.81. The number of allylic oxidation sites excluding steroid dienone is 1. The Hall–Kier alpha value is -3.41. The van der Waals surface area contributed by atoms with Crippen LogP contribution in [0.2, 0.25) is 0 Å². The third-order valence-electron chi connectivity index (χ3n) is 4.21. The van der Waals surface area contributed by atoms with Gasteiger partial charge in [0.05, 0.1) is 11.4 Å². The Morgan fingerprint density at radius 2 is 1.35 bits per heavy atom. The lowest BCUT2D eigenvalue weighted by Crippen LogP contribution is -2.41. The van der Waals surface area contributed by atoms with Gasteiger partial charge >= 0.3 is 5.97 Å². The maximum atomic E-state index is 13.0. The van der Waals surface area contributed by atoms with Crippen LogP contribution in [0.15, 0.2) is 72.3 Å².